The Morgan fingerprint density at radius 3 is 2.56 bits per heavy atom. The number of carboxylic acids is 1. The van der Waals surface area contributed by atoms with Crippen molar-refractivity contribution < 1.29 is 9.90 Å². The van der Waals surface area contributed by atoms with Crippen molar-refractivity contribution in [2.75, 3.05) is 0 Å². The van der Waals surface area contributed by atoms with Gasteiger partial charge in [-0.15, -0.1) is 11.8 Å². The molecule has 16 heavy (non-hydrogen) atoms. The molecule has 1 fully saturated rings. The van der Waals surface area contributed by atoms with Crippen molar-refractivity contribution in [3.63, 3.8) is 0 Å². The predicted octanol–water partition coefficient (Wildman–Crippen LogP) is 3.34. The van der Waals surface area contributed by atoms with Gasteiger partial charge in [0.1, 0.15) is 4.75 Å². The van der Waals surface area contributed by atoms with E-state index in [1.165, 1.54) is 17.3 Å². The van der Waals surface area contributed by atoms with Gasteiger partial charge in [0.15, 0.2) is 0 Å². The molecule has 0 radical (unpaired) electrons. The standard InChI is InChI=1S/C13H16O2S/c1-3-10-8-13(10,12(14)15)16-11-6-4-9(2)5-7-11/h4-7,10H,3,8H2,1-2H3,(H,14,15). The average molecular weight is 236 g/mol. The van der Waals surface area contributed by atoms with Gasteiger partial charge in [-0.3, -0.25) is 4.79 Å². The molecule has 0 amide bonds. The first-order chi connectivity index (χ1) is 7.58. The zero-order valence-electron chi connectivity index (χ0n) is 9.56. The fourth-order valence-corrected chi connectivity index (χ4v) is 3.43. The minimum absolute atomic E-state index is 0.330. The van der Waals surface area contributed by atoms with Crippen LogP contribution in [0.2, 0.25) is 0 Å². The first kappa shape index (κ1) is 11.5. The highest BCUT2D eigenvalue weighted by Gasteiger charge is 2.60. The van der Waals surface area contributed by atoms with E-state index in [1.54, 1.807) is 0 Å². The number of carbonyl (C=O) groups is 1. The normalized spacial score (nSPS) is 27.8. The Kier molecular flexibility index (Phi) is 2.98. The molecule has 1 aromatic carbocycles. The first-order valence-electron chi connectivity index (χ1n) is 5.57. The van der Waals surface area contributed by atoms with Crippen molar-refractivity contribution in [1.29, 1.82) is 0 Å². The topological polar surface area (TPSA) is 37.3 Å². The van der Waals surface area contributed by atoms with Crippen LogP contribution in [0.15, 0.2) is 29.2 Å². The van der Waals surface area contributed by atoms with Crippen molar-refractivity contribution in [2.45, 2.75) is 36.3 Å². The summed E-state index contributed by atoms with van der Waals surface area (Å²) in [6.45, 7) is 4.10. The lowest BCUT2D eigenvalue weighted by Crippen LogP contribution is -2.20. The van der Waals surface area contributed by atoms with Gasteiger partial charge in [-0.25, -0.2) is 0 Å². The van der Waals surface area contributed by atoms with Crippen LogP contribution in [0.3, 0.4) is 0 Å². The molecule has 0 heterocycles. The van der Waals surface area contributed by atoms with Gasteiger partial charge in [-0.2, -0.15) is 0 Å². The van der Waals surface area contributed by atoms with Gasteiger partial charge in [0.05, 0.1) is 0 Å². The molecule has 3 heteroatoms. The Bertz CT molecular complexity index is 399. The van der Waals surface area contributed by atoms with Crippen molar-refractivity contribution in [3.8, 4) is 0 Å². The molecule has 86 valence electrons. The molecule has 0 aromatic heterocycles. The first-order valence-corrected chi connectivity index (χ1v) is 6.39. The summed E-state index contributed by atoms with van der Waals surface area (Å²) in [6, 6.07) is 8.08. The van der Waals surface area contributed by atoms with E-state index in [9.17, 15) is 9.90 Å². The SMILES string of the molecule is CCC1CC1(Sc1ccc(C)cc1)C(=O)O. The second-order valence-electron chi connectivity index (χ2n) is 4.42. The molecule has 2 atom stereocenters. The quantitative estimate of drug-likeness (QED) is 0.871. The zero-order chi connectivity index (χ0) is 11.8. The molecule has 2 unspecified atom stereocenters. The third-order valence-electron chi connectivity index (χ3n) is 3.22. The fourth-order valence-electron chi connectivity index (χ4n) is 2.03. The number of benzene rings is 1. The zero-order valence-corrected chi connectivity index (χ0v) is 10.4. The van der Waals surface area contributed by atoms with Gasteiger partial charge in [-0.1, -0.05) is 31.0 Å². The molecule has 2 nitrogen and oxygen atoms in total. The van der Waals surface area contributed by atoms with Crippen molar-refractivity contribution in [3.05, 3.63) is 29.8 Å². The Morgan fingerprint density at radius 1 is 1.50 bits per heavy atom. The Morgan fingerprint density at radius 2 is 2.12 bits per heavy atom. The molecule has 2 rings (SSSR count). The van der Waals surface area contributed by atoms with Gasteiger partial charge < -0.3 is 5.11 Å². The Hall–Kier alpha value is -0.960. The fraction of sp³-hybridized carbons (Fsp3) is 0.462. The molecule has 0 spiro atoms. The summed E-state index contributed by atoms with van der Waals surface area (Å²) < 4.78 is -0.552. The van der Waals surface area contributed by atoms with E-state index < -0.39 is 10.7 Å². The lowest BCUT2D eigenvalue weighted by molar-refractivity contribution is -0.137. The van der Waals surface area contributed by atoms with Crippen LogP contribution in [0, 0.1) is 12.8 Å². The number of carboxylic acid groups (broad SMARTS) is 1. The average Bonchev–Trinajstić information content (AvgIpc) is 2.97. The van der Waals surface area contributed by atoms with Gasteiger partial charge in [0.2, 0.25) is 0 Å². The Labute approximate surface area is 100 Å². The van der Waals surface area contributed by atoms with Crippen LogP contribution in [0.25, 0.3) is 0 Å². The highest BCUT2D eigenvalue weighted by Crippen LogP contribution is 2.58. The maximum atomic E-state index is 11.3. The number of hydrogen-bond donors (Lipinski definition) is 1. The van der Waals surface area contributed by atoms with Crippen LogP contribution in [-0.4, -0.2) is 15.8 Å². The molecule has 1 aliphatic rings. The van der Waals surface area contributed by atoms with Gasteiger partial charge >= 0.3 is 5.97 Å². The monoisotopic (exact) mass is 236 g/mol. The van der Waals surface area contributed by atoms with Crippen molar-refractivity contribution in [2.24, 2.45) is 5.92 Å². The Balaban J connectivity index is 2.14. The van der Waals surface area contributed by atoms with Crippen LogP contribution in [0.4, 0.5) is 0 Å². The van der Waals surface area contributed by atoms with E-state index in [-0.39, 0.29) is 0 Å². The van der Waals surface area contributed by atoms with Crippen molar-refractivity contribution in [1.82, 2.24) is 0 Å². The highest BCUT2D eigenvalue weighted by molar-refractivity contribution is 8.01. The number of aryl methyl sites for hydroxylation is 1. The second-order valence-corrected chi connectivity index (χ2v) is 5.82. The van der Waals surface area contributed by atoms with Gasteiger partial charge in [0.25, 0.3) is 0 Å². The number of rotatable bonds is 4. The predicted molar refractivity (Wildman–Crippen MR) is 65.8 cm³/mol. The second kappa shape index (κ2) is 4.13. The summed E-state index contributed by atoms with van der Waals surface area (Å²) in [7, 11) is 0. The third-order valence-corrected chi connectivity index (χ3v) is 4.77. The number of hydrogen-bond acceptors (Lipinski definition) is 2. The minimum atomic E-state index is -0.662. The summed E-state index contributed by atoms with van der Waals surface area (Å²) in [5.41, 5.74) is 1.21. The largest absolute Gasteiger partial charge is 0.480 e. The van der Waals surface area contributed by atoms with E-state index in [1.807, 2.05) is 31.2 Å². The van der Waals surface area contributed by atoms with Gasteiger partial charge in [-0.05, 0) is 31.4 Å². The summed E-state index contributed by atoms with van der Waals surface area (Å²) in [4.78, 5) is 12.4. The van der Waals surface area contributed by atoms with Gasteiger partial charge in [0, 0.05) is 4.90 Å². The van der Waals surface area contributed by atoms with Crippen LogP contribution in [0.1, 0.15) is 25.3 Å². The van der Waals surface area contributed by atoms with Crippen LogP contribution >= 0.6 is 11.8 Å². The van der Waals surface area contributed by atoms with E-state index >= 15 is 0 Å². The summed E-state index contributed by atoms with van der Waals surface area (Å²) >= 11 is 1.51. The molecule has 1 saturated carbocycles. The lowest BCUT2D eigenvalue weighted by atomic mass is 10.2. The molecule has 0 aliphatic heterocycles. The molecule has 1 N–H and O–H groups in total. The molecule has 0 saturated heterocycles. The van der Waals surface area contributed by atoms with E-state index in [0.29, 0.717) is 5.92 Å². The highest BCUT2D eigenvalue weighted by atomic mass is 32.2. The minimum Gasteiger partial charge on any atom is -0.480 e. The third kappa shape index (κ3) is 1.96. The van der Waals surface area contributed by atoms with Crippen molar-refractivity contribution >= 4 is 17.7 Å². The summed E-state index contributed by atoms with van der Waals surface area (Å²) in [5, 5.41) is 9.30. The van der Waals surface area contributed by atoms with E-state index in [2.05, 4.69) is 6.92 Å². The molecule has 0 bridgehead atoms. The molecule has 1 aliphatic carbocycles. The molecular weight excluding hydrogens is 220 g/mol. The molecule has 1 aromatic rings. The summed E-state index contributed by atoms with van der Waals surface area (Å²) in [5.74, 6) is -0.332. The summed E-state index contributed by atoms with van der Waals surface area (Å²) in [6.07, 6.45) is 1.75. The van der Waals surface area contributed by atoms with Crippen LogP contribution in [-0.2, 0) is 4.79 Å². The molecular formula is C13H16O2S. The van der Waals surface area contributed by atoms with Crippen LogP contribution < -0.4 is 0 Å². The van der Waals surface area contributed by atoms with E-state index in [4.69, 9.17) is 0 Å². The van der Waals surface area contributed by atoms with E-state index in [0.717, 1.165) is 17.7 Å². The smallest absolute Gasteiger partial charge is 0.320 e. The lowest BCUT2D eigenvalue weighted by Gasteiger charge is -2.11. The van der Waals surface area contributed by atoms with Crippen LogP contribution in [0.5, 0.6) is 0 Å². The number of aliphatic carboxylic acids is 1. The maximum absolute atomic E-state index is 11.3. The number of thioether (sulfide) groups is 1. The maximum Gasteiger partial charge on any atom is 0.320 e.